The Balaban J connectivity index is 1.94. The van der Waals surface area contributed by atoms with E-state index >= 15 is 0 Å². The lowest BCUT2D eigenvalue weighted by molar-refractivity contribution is -0.384. The van der Waals surface area contributed by atoms with Gasteiger partial charge in [-0.1, -0.05) is 0 Å². The average molecular weight is 424 g/mol. The minimum absolute atomic E-state index is 0.0248. The molecular formula is C15H15F3N2O7S. The quantitative estimate of drug-likeness (QED) is 0.419. The van der Waals surface area contributed by atoms with Crippen molar-refractivity contribution in [3.63, 3.8) is 0 Å². The van der Waals surface area contributed by atoms with Crippen LogP contribution in [0.25, 0.3) is 0 Å². The van der Waals surface area contributed by atoms with Gasteiger partial charge in [0.1, 0.15) is 5.69 Å². The first-order valence-corrected chi connectivity index (χ1v) is 9.71. The molecule has 0 radical (unpaired) electrons. The number of hydrogen-bond acceptors (Lipinski definition) is 7. The van der Waals surface area contributed by atoms with Crippen molar-refractivity contribution < 1.29 is 40.8 Å². The van der Waals surface area contributed by atoms with Gasteiger partial charge in [-0.05, 0) is 24.5 Å². The number of nitrogens with zero attached hydrogens (tertiary/aromatic N) is 1. The van der Waals surface area contributed by atoms with E-state index in [4.69, 9.17) is 0 Å². The van der Waals surface area contributed by atoms with Crippen molar-refractivity contribution in [3.8, 4) is 0 Å². The first kappa shape index (κ1) is 21.6. The molecule has 0 bridgehead atoms. The number of ether oxygens (including phenoxy) is 1. The molecule has 28 heavy (non-hydrogen) atoms. The fraction of sp³-hybridized carbons (Fsp3) is 0.467. The molecule has 1 aliphatic heterocycles. The fourth-order valence-electron chi connectivity index (χ4n) is 2.62. The lowest BCUT2D eigenvalue weighted by Crippen LogP contribution is -2.22. The SMILES string of the molecule is O=C(COC(=O)CC1CCS(=O)(=O)C1)Nc1ccc(C(F)(F)F)cc1[N+](=O)[O-]. The molecule has 1 saturated heterocycles. The molecule has 1 N–H and O–H groups in total. The molecule has 1 aromatic carbocycles. The van der Waals surface area contributed by atoms with Gasteiger partial charge in [-0.3, -0.25) is 19.7 Å². The third-order valence-corrected chi connectivity index (χ3v) is 5.78. The van der Waals surface area contributed by atoms with E-state index in [2.05, 4.69) is 4.74 Å². The van der Waals surface area contributed by atoms with Gasteiger partial charge < -0.3 is 10.1 Å². The number of benzene rings is 1. The maximum atomic E-state index is 12.6. The van der Waals surface area contributed by atoms with Crippen LogP contribution in [0, 0.1) is 16.0 Å². The minimum Gasteiger partial charge on any atom is -0.456 e. The summed E-state index contributed by atoms with van der Waals surface area (Å²) in [6, 6.07) is 1.57. The standard InChI is InChI=1S/C15H15F3N2O7S/c16-15(17,18)10-1-2-11(12(6-10)20(23)24)19-13(21)7-27-14(22)5-9-3-4-28(25,26)8-9/h1-2,6,9H,3-5,7-8H2,(H,19,21). The second-order valence-corrected chi connectivity index (χ2v) is 8.40. The van der Waals surface area contributed by atoms with E-state index in [9.17, 15) is 41.3 Å². The predicted octanol–water partition coefficient (Wildman–Crippen LogP) is 1.92. The highest BCUT2D eigenvalue weighted by Crippen LogP contribution is 2.34. The number of hydrogen-bond donors (Lipinski definition) is 1. The van der Waals surface area contributed by atoms with Crippen molar-refractivity contribution in [2.45, 2.75) is 19.0 Å². The number of nitro groups is 1. The van der Waals surface area contributed by atoms with Gasteiger partial charge in [-0.2, -0.15) is 13.2 Å². The molecule has 1 aromatic rings. The second-order valence-electron chi connectivity index (χ2n) is 6.17. The van der Waals surface area contributed by atoms with Crippen molar-refractivity contribution in [1.29, 1.82) is 0 Å². The van der Waals surface area contributed by atoms with E-state index in [1.54, 1.807) is 0 Å². The van der Waals surface area contributed by atoms with Crippen LogP contribution in [0.1, 0.15) is 18.4 Å². The predicted molar refractivity (Wildman–Crippen MR) is 89.1 cm³/mol. The number of esters is 1. The maximum Gasteiger partial charge on any atom is 0.416 e. The summed E-state index contributed by atoms with van der Waals surface area (Å²) < 4.78 is 65.3. The topological polar surface area (TPSA) is 133 Å². The third kappa shape index (κ3) is 5.90. The number of anilines is 1. The summed E-state index contributed by atoms with van der Waals surface area (Å²) in [5.41, 5.74) is -2.71. The molecule has 1 amide bonds. The lowest BCUT2D eigenvalue weighted by atomic mass is 10.1. The number of amides is 1. The summed E-state index contributed by atoms with van der Waals surface area (Å²) in [5.74, 6) is -2.39. The molecule has 1 fully saturated rings. The number of alkyl halides is 3. The lowest BCUT2D eigenvalue weighted by Gasteiger charge is -2.11. The normalized spacial score (nSPS) is 18.5. The Bertz CT molecular complexity index is 899. The van der Waals surface area contributed by atoms with Crippen LogP contribution in [0.2, 0.25) is 0 Å². The number of halogens is 3. The summed E-state index contributed by atoms with van der Waals surface area (Å²) in [5, 5.41) is 13.0. The van der Waals surface area contributed by atoms with Crippen molar-refractivity contribution in [2.24, 2.45) is 5.92 Å². The van der Waals surface area contributed by atoms with E-state index in [0.29, 0.717) is 12.5 Å². The number of nitro benzene ring substituents is 1. The van der Waals surface area contributed by atoms with Crippen LogP contribution in [0.5, 0.6) is 0 Å². The highest BCUT2D eigenvalue weighted by Gasteiger charge is 2.33. The Morgan fingerprint density at radius 1 is 1.32 bits per heavy atom. The van der Waals surface area contributed by atoms with E-state index < -0.39 is 62.3 Å². The van der Waals surface area contributed by atoms with Gasteiger partial charge in [0.25, 0.3) is 11.6 Å². The highest BCUT2D eigenvalue weighted by molar-refractivity contribution is 7.91. The van der Waals surface area contributed by atoms with Crippen LogP contribution in [0.15, 0.2) is 18.2 Å². The van der Waals surface area contributed by atoms with Gasteiger partial charge in [0.05, 0.1) is 22.0 Å². The summed E-state index contributed by atoms with van der Waals surface area (Å²) in [6.45, 7) is -0.823. The second kappa shape index (κ2) is 8.12. The van der Waals surface area contributed by atoms with Gasteiger partial charge in [-0.25, -0.2) is 8.42 Å². The van der Waals surface area contributed by atoms with E-state index in [0.717, 1.165) is 6.07 Å². The van der Waals surface area contributed by atoms with Gasteiger partial charge in [0.15, 0.2) is 16.4 Å². The van der Waals surface area contributed by atoms with Crippen LogP contribution in [0.4, 0.5) is 24.5 Å². The minimum atomic E-state index is -4.80. The van der Waals surface area contributed by atoms with Gasteiger partial charge >= 0.3 is 12.1 Å². The molecule has 1 atom stereocenters. The Labute approximate surface area is 156 Å². The number of carbonyl (C=O) groups is 2. The van der Waals surface area contributed by atoms with Crippen molar-refractivity contribution in [3.05, 3.63) is 33.9 Å². The zero-order chi connectivity index (χ0) is 21.1. The number of rotatable bonds is 6. The Morgan fingerprint density at radius 3 is 2.54 bits per heavy atom. The van der Waals surface area contributed by atoms with Crippen LogP contribution in [0.3, 0.4) is 0 Å². The van der Waals surface area contributed by atoms with Crippen LogP contribution >= 0.6 is 0 Å². The molecule has 9 nitrogen and oxygen atoms in total. The Hall–Kier alpha value is -2.70. The van der Waals surface area contributed by atoms with Gasteiger partial charge in [0, 0.05) is 12.5 Å². The number of nitrogens with one attached hydrogen (secondary N) is 1. The first-order valence-electron chi connectivity index (χ1n) is 7.89. The van der Waals surface area contributed by atoms with Crippen molar-refractivity contribution in [2.75, 3.05) is 23.4 Å². The molecule has 1 heterocycles. The fourth-order valence-corrected chi connectivity index (χ4v) is 4.49. The zero-order valence-corrected chi connectivity index (χ0v) is 15.0. The van der Waals surface area contributed by atoms with Crippen LogP contribution in [-0.2, 0) is 30.3 Å². The van der Waals surface area contributed by atoms with Crippen molar-refractivity contribution >= 4 is 33.1 Å². The third-order valence-electron chi connectivity index (χ3n) is 3.94. The maximum absolute atomic E-state index is 12.6. The molecule has 0 aromatic heterocycles. The molecule has 1 aliphatic rings. The zero-order valence-electron chi connectivity index (χ0n) is 14.2. The van der Waals surface area contributed by atoms with E-state index in [-0.39, 0.29) is 24.0 Å². The summed E-state index contributed by atoms with van der Waals surface area (Å²) >= 11 is 0. The van der Waals surface area contributed by atoms with E-state index in [1.807, 2.05) is 5.32 Å². The van der Waals surface area contributed by atoms with E-state index in [1.165, 1.54) is 0 Å². The van der Waals surface area contributed by atoms with Crippen molar-refractivity contribution in [1.82, 2.24) is 0 Å². The summed E-state index contributed by atoms with van der Waals surface area (Å²) in [6.07, 6.45) is -4.69. The Kier molecular flexibility index (Phi) is 6.27. The number of sulfone groups is 1. The van der Waals surface area contributed by atoms with Crippen LogP contribution in [-0.4, -0.2) is 43.3 Å². The summed E-state index contributed by atoms with van der Waals surface area (Å²) in [7, 11) is -3.17. The molecule has 1 unspecified atom stereocenters. The Morgan fingerprint density at radius 2 is 2.00 bits per heavy atom. The molecule has 2 rings (SSSR count). The average Bonchev–Trinajstić information content (AvgIpc) is 2.90. The number of carbonyl (C=O) groups excluding carboxylic acids is 2. The van der Waals surface area contributed by atoms with Crippen LogP contribution < -0.4 is 5.32 Å². The smallest absolute Gasteiger partial charge is 0.416 e. The highest BCUT2D eigenvalue weighted by atomic mass is 32.2. The molecular weight excluding hydrogens is 409 g/mol. The summed E-state index contributed by atoms with van der Waals surface area (Å²) in [4.78, 5) is 33.3. The molecule has 13 heteroatoms. The molecule has 154 valence electrons. The van der Waals surface area contributed by atoms with Gasteiger partial charge in [0.2, 0.25) is 0 Å². The first-order chi connectivity index (χ1) is 12.9. The van der Waals surface area contributed by atoms with Gasteiger partial charge in [-0.15, -0.1) is 0 Å². The molecule has 0 aliphatic carbocycles. The monoisotopic (exact) mass is 424 g/mol. The molecule has 0 saturated carbocycles. The largest absolute Gasteiger partial charge is 0.456 e. The molecule has 0 spiro atoms.